The van der Waals surface area contributed by atoms with Crippen molar-refractivity contribution in [1.29, 1.82) is 0 Å². The maximum atomic E-state index is 13.1. The number of ether oxygens (including phenoxy) is 1. The lowest BCUT2D eigenvalue weighted by Gasteiger charge is -2.34. The first kappa shape index (κ1) is 26.2. The summed E-state index contributed by atoms with van der Waals surface area (Å²) in [5.41, 5.74) is 8.56. The molecule has 0 aliphatic rings. The zero-order valence-electron chi connectivity index (χ0n) is 18.7. The second-order valence-corrected chi connectivity index (χ2v) is 7.16. The number of benzene rings is 2. The predicted octanol–water partition coefficient (Wildman–Crippen LogP) is -0.329. The van der Waals surface area contributed by atoms with Gasteiger partial charge in [-0.05, 0) is 17.5 Å². The van der Waals surface area contributed by atoms with Crippen LogP contribution in [-0.2, 0) is 41.7 Å². The summed E-state index contributed by atoms with van der Waals surface area (Å²) in [6, 6.07) is 17.4. The summed E-state index contributed by atoms with van der Waals surface area (Å²) in [4.78, 5) is 61.3. The van der Waals surface area contributed by atoms with Gasteiger partial charge in [0.25, 0.3) is 0 Å². The smallest absolute Gasteiger partial charge is 0.328 e. The quantitative estimate of drug-likeness (QED) is 0.245. The van der Waals surface area contributed by atoms with Crippen molar-refractivity contribution in [1.82, 2.24) is 20.9 Å². The van der Waals surface area contributed by atoms with E-state index in [1.54, 1.807) is 60.7 Å². The molecule has 34 heavy (non-hydrogen) atoms. The molecule has 0 saturated carbocycles. The third-order valence-corrected chi connectivity index (χ3v) is 4.53. The number of hydrogen-bond donors (Lipinski definition) is 3. The third-order valence-electron chi connectivity index (χ3n) is 4.53. The van der Waals surface area contributed by atoms with Crippen molar-refractivity contribution in [3.8, 4) is 0 Å². The Morgan fingerprint density at radius 1 is 0.882 bits per heavy atom. The summed E-state index contributed by atoms with van der Waals surface area (Å²) in [5, 5.41) is 4.01. The van der Waals surface area contributed by atoms with Crippen LogP contribution in [0.1, 0.15) is 17.5 Å². The highest BCUT2D eigenvalue weighted by Crippen LogP contribution is 2.09. The molecular weight excluding hydrogens is 442 g/mol. The molecule has 11 heteroatoms. The normalized spacial score (nSPS) is 10.4. The number of methoxy groups -OCH3 is 1. The van der Waals surface area contributed by atoms with Crippen LogP contribution in [0.25, 0.3) is 0 Å². The van der Waals surface area contributed by atoms with Crippen molar-refractivity contribution < 1.29 is 28.7 Å². The molecule has 0 radical (unpaired) electrons. The minimum atomic E-state index is -1.27. The Morgan fingerprint density at radius 3 is 2.03 bits per heavy atom. The minimum absolute atomic E-state index is 0.0106. The predicted molar refractivity (Wildman–Crippen MR) is 121 cm³/mol. The number of primary amides is 1. The standard InChI is InChI=1S/C23H27N5O6/c1-34-14-8-13-28(26-21(31)20(24)30)27(16-18-11-6-3-7-12-18)23(33)22(32)25-19(29)15-17-9-4-2-5-10-17/h2-7,9-12H,8,13-16H2,1H3,(H2,24,30)(H,26,31)(H,25,29,32). The van der Waals surface area contributed by atoms with Gasteiger partial charge in [0.1, 0.15) is 0 Å². The Balaban J connectivity index is 2.23. The molecule has 180 valence electrons. The Labute approximate surface area is 196 Å². The minimum Gasteiger partial charge on any atom is -0.385 e. The van der Waals surface area contributed by atoms with E-state index in [-0.39, 0.29) is 26.1 Å². The van der Waals surface area contributed by atoms with Crippen LogP contribution in [0.15, 0.2) is 60.7 Å². The van der Waals surface area contributed by atoms with Gasteiger partial charge >= 0.3 is 23.6 Å². The molecule has 2 aromatic rings. The topological polar surface area (TPSA) is 151 Å². The molecule has 11 nitrogen and oxygen atoms in total. The summed E-state index contributed by atoms with van der Waals surface area (Å²) in [6.45, 7) is 0.154. The van der Waals surface area contributed by atoms with Crippen molar-refractivity contribution in [3.05, 3.63) is 71.8 Å². The van der Waals surface area contributed by atoms with Crippen LogP contribution in [0.3, 0.4) is 0 Å². The third kappa shape index (κ3) is 8.45. The lowest BCUT2D eigenvalue weighted by atomic mass is 10.1. The maximum Gasteiger partial charge on any atom is 0.328 e. The molecule has 2 aromatic carbocycles. The second kappa shape index (κ2) is 13.5. The number of nitrogens with two attached hydrogens (primary N) is 1. The van der Waals surface area contributed by atoms with E-state index in [9.17, 15) is 24.0 Å². The van der Waals surface area contributed by atoms with Gasteiger partial charge in [-0.1, -0.05) is 60.7 Å². The first-order chi connectivity index (χ1) is 16.3. The average molecular weight is 469 g/mol. The van der Waals surface area contributed by atoms with Gasteiger partial charge in [-0.2, -0.15) is 0 Å². The van der Waals surface area contributed by atoms with Gasteiger partial charge in [-0.25, -0.2) is 5.01 Å². The van der Waals surface area contributed by atoms with Crippen molar-refractivity contribution in [2.75, 3.05) is 20.3 Å². The number of amides is 5. The molecule has 0 fully saturated rings. The lowest BCUT2D eigenvalue weighted by molar-refractivity contribution is -0.170. The molecule has 0 bridgehead atoms. The fourth-order valence-corrected chi connectivity index (χ4v) is 2.91. The van der Waals surface area contributed by atoms with Gasteiger partial charge in [0.15, 0.2) is 0 Å². The Morgan fingerprint density at radius 2 is 1.47 bits per heavy atom. The van der Waals surface area contributed by atoms with Gasteiger partial charge in [-0.15, -0.1) is 5.12 Å². The van der Waals surface area contributed by atoms with Crippen LogP contribution in [-0.4, -0.2) is 59.9 Å². The highest BCUT2D eigenvalue weighted by atomic mass is 16.5. The first-order valence-electron chi connectivity index (χ1n) is 10.4. The summed E-state index contributed by atoms with van der Waals surface area (Å²) in [6.07, 6.45) is 0.233. The largest absolute Gasteiger partial charge is 0.385 e. The molecule has 0 saturated heterocycles. The number of nitrogens with zero attached hydrogens (tertiary/aromatic N) is 2. The van der Waals surface area contributed by atoms with E-state index < -0.39 is 29.5 Å². The van der Waals surface area contributed by atoms with E-state index in [0.717, 1.165) is 10.1 Å². The van der Waals surface area contributed by atoms with Gasteiger partial charge in [0, 0.05) is 20.3 Å². The van der Waals surface area contributed by atoms with E-state index in [1.165, 1.54) is 7.11 Å². The van der Waals surface area contributed by atoms with Gasteiger partial charge in [-0.3, -0.25) is 34.7 Å². The maximum absolute atomic E-state index is 13.1. The highest BCUT2D eigenvalue weighted by Gasteiger charge is 2.30. The number of hydrazine groups is 2. The van der Waals surface area contributed by atoms with Crippen molar-refractivity contribution >= 4 is 29.5 Å². The zero-order chi connectivity index (χ0) is 24.9. The molecule has 4 N–H and O–H groups in total. The Kier molecular flexibility index (Phi) is 10.4. The van der Waals surface area contributed by atoms with Crippen LogP contribution in [0.5, 0.6) is 0 Å². The van der Waals surface area contributed by atoms with Crippen molar-refractivity contribution in [3.63, 3.8) is 0 Å². The molecule has 0 aromatic heterocycles. The van der Waals surface area contributed by atoms with Crippen molar-refractivity contribution in [2.24, 2.45) is 5.73 Å². The number of nitrogens with one attached hydrogen (secondary N) is 2. The van der Waals surface area contributed by atoms with Gasteiger partial charge in [0.05, 0.1) is 13.0 Å². The van der Waals surface area contributed by atoms with Crippen LogP contribution >= 0.6 is 0 Å². The fourth-order valence-electron chi connectivity index (χ4n) is 2.91. The Hall–Kier alpha value is -4.09. The monoisotopic (exact) mass is 469 g/mol. The molecule has 2 rings (SSSR count). The summed E-state index contributed by atoms with van der Waals surface area (Å²) in [7, 11) is 1.48. The highest BCUT2D eigenvalue weighted by molar-refractivity contribution is 6.37. The van der Waals surface area contributed by atoms with E-state index in [2.05, 4.69) is 10.7 Å². The number of carbonyl (C=O) groups is 5. The van der Waals surface area contributed by atoms with E-state index in [4.69, 9.17) is 10.5 Å². The van der Waals surface area contributed by atoms with Crippen molar-refractivity contribution in [2.45, 2.75) is 19.4 Å². The molecule has 0 aliphatic carbocycles. The molecule has 0 aliphatic heterocycles. The lowest BCUT2D eigenvalue weighted by Crippen LogP contribution is -2.60. The molecule has 0 heterocycles. The number of rotatable bonds is 10. The molecule has 0 unspecified atom stereocenters. The van der Waals surface area contributed by atoms with E-state index >= 15 is 0 Å². The van der Waals surface area contributed by atoms with Crippen LogP contribution in [0, 0.1) is 0 Å². The summed E-state index contributed by atoms with van der Waals surface area (Å²) < 4.78 is 5.00. The number of hydrogen-bond acceptors (Lipinski definition) is 7. The molecule has 0 spiro atoms. The summed E-state index contributed by atoms with van der Waals surface area (Å²) in [5.74, 6) is -5.43. The first-order valence-corrected chi connectivity index (χ1v) is 10.4. The number of imide groups is 1. The molecule has 5 amide bonds. The van der Waals surface area contributed by atoms with Gasteiger partial charge < -0.3 is 10.5 Å². The van der Waals surface area contributed by atoms with Crippen LogP contribution < -0.4 is 16.5 Å². The van der Waals surface area contributed by atoms with Gasteiger partial charge in [0.2, 0.25) is 5.91 Å². The second-order valence-electron chi connectivity index (χ2n) is 7.16. The number of carbonyl (C=O) groups excluding carboxylic acids is 5. The average Bonchev–Trinajstić information content (AvgIpc) is 2.82. The fraction of sp³-hybridized carbons (Fsp3) is 0.261. The molecular formula is C23H27N5O6. The summed E-state index contributed by atoms with van der Waals surface area (Å²) >= 11 is 0. The SMILES string of the molecule is COCCCN(NC(=O)C(N)=O)N(Cc1ccccc1)C(=O)C(=O)NC(=O)Cc1ccccc1. The van der Waals surface area contributed by atoms with Crippen LogP contribution in [0.2, 0.25) is 0 Å². The molecule has 0 atom stereocenters. The van der Waals surface area contributed by atoms with E-state index in [0.29, 0.717) is 17.5 Å². The van der Waals surface area contributed by atoms with E-state index in [1.807, 2.05) is 0 Å². The Bertz CT molecular complexity index is 999. The zero-order valence-corrected chi connectivity index (χ0v) is 18.7. The van der Waals surface area contributed by atoms with Crippen LogP contribution in [0.4, 0.5) is 0 Å².